The van der Waals surface area contributed by atoms with Crippen molar-refractivity contribution in [2.24, 2.45) is 0 Å². The number of fused-ring (bicyclic) bond motifs is 2. The summed E-state index contributed by atoms with van der Waals surface area (Å²) in [7, 11) is 0. The number of carbonyl (C=O) groups is 1. The molecule has 0 spiro atoms. The molecule has 8 nitrogen and oxygen atoms in total. The van der Waals surface area contributed by atoms with Crippen LogP contribution in [0.2, 0.25) is 0 Å². The van der Waals surface area contributed by atoms with Crippen LogP contribution >= 0.6 is 0 Å². The van der Waals surface area contributed by atoms with Crippen molar-refractivity contribution in [1.82, 2.24) is 29.6 Å². The number of carbonyl (C=O) groups excluding carboxylic acids is 1. The Kier molecular flexibility index (Phi) is 3.55. The molecule has 0 bridgehead atoms. The molecule has 28 heavy (non-hydrogen) atoms. The lowest BCUT2D eigenvalue weighted by Gasteiger charge is -2.24. The minimum Gasteiger partial charge on any atom is -0.310 e. The van der Waals surface area contributed by atoms with Gasteiger partial charge in [0.25, 0.3) is 0 Å². The number of aryl methyl sites for hydroxylation is 3. The number of aromatic nitrogens is 6. The molecule has 4 heterocycles. The first-order valence-corrected chi connectivity index (χ1v) is 9.16. The highest BCUT2D eigenvalue weighted by Gasteiger charge is 2.33. The van der Waals surface area contributed by atoms with Crippen molar-refractivity contribution in [2.75, 3.05) is 5.32 Å². The molecule has 4 aromatic rings. The molecule has 1 aliphatic rings. The van der Waals surface area contributed by atoms with Gasteiger partial charge in [-0.3, -0.25) is 4.79 Å². The summed E-state index contributed by atoms with van der Waals surface area (Å²) in [6.07, 6.45) is 0.403. The highest BCUT2D eigenvalue weighted by atomic mass is 16.1. The van der Waals surface area contributed by atoms with Crippen LogP contribution in [0.5, 0.6) is 0 Å². The van der Waals surface area contributed by atoms with Crippen LogP contribution in [0.15, 0.2) is 36.4 Å². The Balaban J connectivity index is 1.69. The van der Waals surface area contributed by atoms with Crippen molar-refractivity contribution in [2.45, 2.75) is 33.1 Å². The maximum absolute atomic E-state index is 12.5. The number of hydrogen-bond donors (Lipinski definition) is 1. The summed E-state index contributed by atoms with van der Waals surface area (Å²) < 4.78 is 3.37. The van der Waals surface area contributed by atoms with Crippen molar-refractivity contribution in [3.8, 4) is 5.82 Å². The predicted molar refractivity (Wildman–Crippen MR) is 104 cm³/mol. The molecule has 0 saturated heterocycles. The van der Waals surface area contributed by atoms with Gasteiger partial charge >= 0.3 is 0 Å². The Morgan fingerprint density at radius 3 is 2.75 bits per heavy atom. The van der Waals surface area contributed by atoms with Crippen LogP contribution in [0, 0.1) is 20.8 Å². The first-order valence-electron chi connectivity index (χ1n) is 9.16. The Morgan fingerprint density at radius 2 is 1.93 bits per heavy atom. The summed E-state index contributed by atoms with van der Waals surface area (Å²) in [5.74, 6) is 1.92. The van der Waals surface area contributed by atoms with Crippen LogP contribution in [-0.4, -0.2) is 35.5 Å². The lowest BCUT2D eigenvalue weighted by molar-refractivity contribution is -0.116. The van der Waals surface area contributed by atoms with E-state index in [9.17, 15) is 4.79 Å². The molecular weight excluding hydrogens is 354 g/mol. The molecule has 5 rings (SSSR count). The summed E-state index contributed by atoms with van der Waals surface area (Å²) in [6, 6.07) is 12.0. The van der Waals surface area contributed by atoms with Crippen molar-refractivity contribution >= 4 is 17.4 Å². The summed E-state index contributed by atoms with van der Waals surface area (Å²) in [5, 5.41) is 20.4. The monoisotopic (exact) mass is 373 g/mol. The normalized spacial score (nSPS) is 16.2. The molecule has 1 aromatic carbocycles. The molecule has 3 aromatic heterocycles. The number of amides is 1. The van der Waals surface area contributed by atoms with Gasteiger partial charge in [-0.15, -0.1) is 15.3 Å². The van der Waals surface area contributed by atoms with Crippen molar-refractivity contribution < 1.29 is 4.79 Å². The van der Waals surface area contributed by atoms with E-state index < -0.39 is 0 Å². The number of rotatable bonds is 2. The maximum Gasteiger partial charge on any atom is 0.226 e. The Morgan fingerprint density at radius 1 is 1.07 bits per heavy atom. The zero-order chi connectivity index (χ0) is 19.4. The molecule has 0 aliphatic carbocycles. The minimum atomic E-state index is -0.0298. The first kappa shape index (κ1) is 16.6. The van der Waals surface area contributed by atoms with Crippen LogP contribution in [0.1, 0.15) is 40.5 Å². The number of benzene rings is 1. The predicted octanol–water partition coefficient (Wildman–Crippen LogP) is 2.71. The first-order chi connectivity index (χ1) is 13.5. The van der Waals surface area contributed by atoms with E-state index in [-0.39, 0.29) is 11.8 Å². The van der Waals surface area contributed by atoms with E-state index in [4.69, 9.17) is 5.10 Å². The van der Waals surface area contributed by atoms with E-state index in [1.807, 2.05) is 32.0 Å². The molecule has 1 atom stereocenters. The Hall–Kier alpha value is -3.55. The van der Waals surface area contributed by atoms with Gasteiger partial charge in [0.1, 0.15) is 5.82 Å². The molecule has 140 valence electrons. The second-order valence-corrected chi connectivity index (χ2v) is 7.19. The van der Waals surface area contributed by atoms with Crippen LogP contribution in [0.4, 0.5) is 5.82 Å². The highest BCUT2D eigenvalue weighted by molar-refractivity contribution is 5.95. The molecule has 1 amide bonds. The topological polar surface area (TPSA) is 90.0 Å². The Labute approximate surface area is 161 Å². The summed E-state index contributed by atoms with van der Waals surface area (Å²) in [4.78, 5) is 12.5. The van der Waals surface area contributed by atoms with Crippen molar-refractivity contribution in [1.29, 1.82) is 0 Å². The lowest BCUT2D eigenvalue weighted by atomic mass is 9.85. The minimum absolute atomic E-state index is 0.0262. The molecule has 1 aliphatic heterocycles. The van der Waals surface area contributed by atoms with Gasteiger partial charge in [-0.25, -0.2) is 0 Å². The molecule has 1 unspecified atom stereocenters. The zero-order valence-electron chi connectivity index (χ0n) is 15.8. The highest BCUT2D eigenvalue weighted by Crippen LogP contribution is 2.40. The molecule has 1 N–H and O–H groups in total. The van der Waals surface area contributed by atoms with Gasteiger partial charge in [0.2, 0.25) is 5.91 Å². The zero-order valence-corrected chi connectivity index (χ0v) is 15.8. The number of nitrogens with zero attached hydrogens (tertiary/aromatic N) is 6. The fraction of sp³-hybridized carbons (Fsp3) is 0.250. The van der Waals surface area contributed by atoms with Gasteiger partial charge in [0, 0.05) is 17.9 Å². The fourth-order valence-corrected chi connectivity index (χ4v) is 3.88. The maximum atomic E-state index is 12.5. The van der Waals surface area contributed by atoms with Gasteiger partial charge in [-0.05, 0) is 38.5 Å². The third-order valence-corrected chi connectivity index (χ3v) is 5.17. The van der Waals surface area contributed by atoms with E-state index in [0.717, 1.165) is 16.8 Å². The molecular formula is C20H19N7O. The second kappa shape index (κ2) is 5.98. The molecule has 0 saturated carbocycles. The number of nitrogens with one attached hydrogen (secondary N) is 1. The van der Waals surface area contributed by atoms with E-state index in [0.29, 0.717) is 29.5 Å². The Bertz CT molecular complexity index is 1240. The standard InChI is InChI=1S/C20H19N7O/c1-11-5-4-6-14(9-11)15-10-18(28)21-20-19(15)12(2)24-27(20)17-8-7-16-23-22-13(3)26(16)25-17/h4-9,15H,10H2,1-3H3,(H,21,28). The third kappa shape index (κ3) is 2.49. The van der Waals surface area contributed by atoms with E-state index >= 15 is 0 Å². The van der Waals surface area contributed by atoms with Crippen molar-refractivity contribution in [3.05, 3.63) is 64.6 Å². The molecule has 0 radical (unpaired) electrons. The van der Waals surface area contributed by atoms with E-state index in [2.05, 4.69) is 45.7 Å². The largest absolute Gasteiger partial charge is 0.310 e. The van der Waals surface area contributed by atoms with Gasteiger partial charge < -0.3 is 5.32 Å². The van der Waals surface area contributed by atoms with E-state index in [1.54, 1.807) is 9.20 Å². The van der Waals surface area contributed by atoms with Gasteiger partial charge in [0.15, 0.2) is 17.3 Å². The van der Waals surface area contributed by atoms with Crippen molar-refractivity contribution in [3.63, 3.8) is 0 Å². The second-order valence-electron chi connectivity index (χ2n) is 7.19. The lowest BCUT2D eigenvalue weighted by Crippen LogP contribution is -2.25. The third-order valence-electron chi connectivity index (χ3n) is 5.17. The summed E-state index contributed by atoms with van der Waals surface area (Å²) >= 11 is 0. The molecule has 8 heteroatoms. The van der Waals surface area contributed by atoms with Gasteiger partial charge in [-0.1, -0.05) is 29.8 Å². The average molecular weight is 373 g/mol. The van der Waals surface area contributed by atoms with Crippen LogP contribution in [0.25, 0.3) is 11.5 Å². The van der Waals surface area contributed by atoms with Gasteiger partial charge in [0.05, 0.1) is 5.69 Å². The van der Waals surface area contributed by atoms with Crippen LogP contribution in [0.3, 0.4) is 0 Å². The van der Waals surface area contributed by atoms with Crippen LogP contribution in [-0.2, 0) is 4.79 Å². The SMILES string of the molecule is Cc1cccc(C2CC(=O)Nc3c2c(C)nn3-c2ccc3nnc(C)n3n2)c1. The number of hydrogen-bond acceptors (Lipinski definition) is 5. The van der Waals surface area contributed by atoms with Crippen LogP contribution < -0.4 is 5.32 Å². The van der Waals surface area contributed by atoms with E-state index in [1.165, 1.54) is 5.56 Å². The summed E-state index contributed by atoms with van der Waals surface area (Å²) in [5.41, 5.74) is 4.87. The summed E-state index contributed by atoms with van der Waals surface area (Å²) in [6.45, 7) is 5.87. The molecule has 0 fully saturated rings. The average Bonchev–Trinajstić information content (AvgIpc) is 3.21. The quantitative estimate of drug-likeness (QED) is 0.583. The smallest absolute Gasteiger partial charge is 0.226 e. The number of anilines is 1. The van der Waals surface area contributed by atoms with Gasteiger partial charge in [-0.2, -0.15) is 14.3 Å². The fourth-order valence-electron chi connectivity index (χ4n) is 3.88.